The summed E-state index contributed by atoms with van der Waals surface area (Å²) in [5.41, 5.74) is 1.79. The van der Waals surface area contributed by atoms with Gasteiger partial charge in [-0.3, -0.25) is 0 Å². The Morgan fingerprint density at radius 2 is 1.48 bits per heavy atom. The molecule has 1 aliphatic rings. The lowest BCUT2D eigenvalue weighted by atomic mass is 9.80. The zero-order chi connectivity index (χ0) is 21.5. The van der Waals surface area contributed by atoms with Crippen LogP contribution in [0.15, 0.2) is 48.1 Å². The maximum Gasteiger partial charge on any atom is 0.222 e. The second-order valence-corrected chi connectivity index (χ2v) is 6.11. The molecule has 0 aromatic rings. The molecule has 158 valence electrons. The van der Waals surface area contributed by atoms with E-state index in [1.165, 1.54) is 0 Å². The third-order valence-electron chi connectivity index (χ3n) is 4.08. The molecule has 29 heavy (non-hydrogen) atoms. The van der Waals surface area contributed by atoms with Gasteiger partial charge in [0, 0.05) is 43.8 Å². The Hall–Kier alpha value is -2.08. The van der Waals surface area contributed by atoms with Crippen LogP contribution in [0.25, 0.3) is 0 Å². The maximum atomic E-state index is 5.54. The maximum absolute atomic E-state index is 5.54. The topological polar surface area (TPSA) is 36.9 Å². The van der Waals surface area contributed by atoms with E-state index in [4.69, 9.17) is 18.9 Å². The molecule has 0 radical (unpaired) electrons. The lowest BCUT2D eigenvalue weighted by Gasteiger charge is -2.23. The fourth-order valence-corrected chi connectivity index (χ4v) is 2.77. The average Bonchev–Trinajstić information content (AvgIpc) is 2.71. The minimum absolute atomic E-state index is 0.0227. The summed E-state index contributed by atoms with van der Waals surface area (Å²) in [6, 6.07) is 0. The van der Waals surface area contributed by atoms with Crippen molar-refractivity contribution in [2.24, 2.45) is 11.8 Å². The number of hydrogen-bond donors (Lipinski definition) is 0. The summed E-state index contributed by atoms with van der Waals surface area (Å²) < 4.78 is 22.1. The fraction of sp³-hybridized carbons (Fsp3) is 0.520. The van der Waals surface area contributed by atoms with Gasteiger partial charge in [0.15, 0.2) is 0 Å². The first-order valence-electron chi connectivity index (χ1n) is 10.3. The molecule has 0 aromatic heterocycles. The van der Waals surface area contributed by atoms with Crippen molar-refractivity contribution < 1.29 is 18.9 Å². The fourth-order valence-electron chi connectivity index (χ4n) is 2.77. The Balaban J connectivity index is 3.01. The summed E-state index contributed by atoms with van der Waals surface area (Å²) in [6.45, 7) is 16.1. The first-order valence-corrected chi connectivity index (χ1v) is 10.3. The predicted octanol–water partition coefficient (Wildman–Crippen LogP) is 4.65. The first-order chi connectivity index (χ1) is 14.1. The van der Waals surface area contributed by atoms with Crippen molar-refractivity contribution in [3.8, 4) is 23.7 Å². The van der Waals surface area contributed by atoms with Gasteiger partial charge in [0.1, 0.15) is 0 Å². The largest absolute Gasteiger partial charge is 0.342 e. The standard InChI is InChI=1S/C25H34O4/c1-7-13-22(17-19-25(28-10-4)29-11-5)23-15-12-14-21(20(23)6)16-18-24(26-8-2)27-9-3/h7,12-15,22-25H,6,8-11H2,1-5H3/b13-7-. The molecule has 1 rings (SSSR count). The van der Waals surface area contributed by atoms with Crippen LogP contribution in [-0.4, -0.2) is 39.0 Å². The molecule has 2 atom stereocenters. The zero-order valence-corrected chi connectivity index (χ0v) is 18.4. The summed E-state index contributed by atoms with van der Waals surface area (Å²) >= 11 is 0. The second kappa shape index (κ2) is 14.9. The van der Waals surface area contributed by atoms with Crippen LogP contribution in [0.2, 0.25) is 0 Å². The van der Waals surface area contributed by atoms with Crippen molar-refractivity contribution in [2.45, 2.75) is 47.2 Å². The lowest BCUT2D eigenvalue weighted by Crippen LogP contribution is -2.18. The molecule has 0 spiro atoms. The highest BCUT2D eigenvalue weighted by Crippen LogP contribution is 2.30. The van der Waals surface area contributed by atoms with Crippen molar-refractivity contribution >= 4 is 0 Å². The third-order valence-corrected chi connectivity index (χ3v) is 4.08. The first kappa shape index (κ1) is 25.0. The number of allylic oxidation sites excluding steroid dienone is 7. The van der Waals surface area contributed by atoms with Crippen LogP contribution in [0, 0.1) is 35.5 Å². The van der Waals surface area contributed by atoms with E-state index >= 15 is 0 Å². The SMILES string of the molecule is C=C1C(C#CC(OCC)OCC)=CC=CC1C(C#CC(OCC)OCC)/C=C\C. The van der Waals surface area contributed by atoms with Crippen LogP contribution in [0.5, 0.6) is 0 Å². The van der Waals surface area contributed by atoms with Gasteiger partial charge in [-0.25, -0.2) is 0 Å². The Morgan fingerprint density at radius 1 is 0.931 bits per heavy atom. The number of ether oxygens (including phenoxy) is 4. The number of hydrogen-bond acceptors (Lipinski definition) is 4. The molecule has 0 bridgehead atoms. The second-order valence-electron chi connectivity index (χ2n) is 6.11. The Bertz CT molecular complexity index is 697. The van der Waals surface area contributed by atoms with Gasteiger partial charge in [0.2, 0.25) is 12.6 Å². The molecule has 4 nitrogen and oxygen atoms in total. The van der Waals surface area contributed by atoms with E-state index in [9.17, 15) is 0 Å². The minimum atomic E-state index is -0.535. The van der Waals surface area contributed by atoms with E-state index in [-0.39, 0.29) is 11.8 Å². The number of rotatable bonds is 10. The van der Waals surface area contributed by atoms with Crippen LogP contribution in [0.3, 0.4) is 0 Å². The van der Waals surface area contributed by atoms with Gasteiger partial charge in [-0.2, -0.15) is 0 Å². The molecule has 0 aliphatic heterocycles. The highest BCUT2D eigenvalue weighted by atomic mass is 16.7. The predicted molar refractivity (Wildman–Crippen MR) is 118 cm³/mol. The zero-order valence-electron chi connectivity index (χ0n) is 18.4. The van der Waals surface area contributed by atoms with E-state index in [1.54, 1.807) is 0 Å². The quantitative estimate of drug-likeness (QED) is 0.305. The normalized spacial score (nSPS) is 17.1. The third kappa shape index (κ3) is 8.86. The smallest absolute Gasteiger partial charge is 0.222 e. The van der Waals surface area contributed by atoms with Crippen molar-refractivity contribution in [3.05, 3.63) is 48.1 Å². The van der Waals surface area contributed by atoms with Gasteiger partial charge in [0.25, 0.3) is 0 Å². The molecule has 0 saturated carbocycles. The van der Waals surface area contributed by atoms with Crippen LogP contribution in [-0.2, 0) is 18.9 Å². The molecule has 0 aromatic carbocycles. The Kier molecular flexibility index (Phi) is 12.8. The Morgan fingerprint density at radius 3 is 2.00 bits per heavy atom. The van der Waals surface area contributed by atoms with Gasteiger partial charge >= 0.3 is 0 Å². The summed E-state index contributed by atoms with van der Waals surface area (Å²) in [4.78, 5) is 0. The molecule has 0 fully saturated rings. The highest BCUT2D eigenvalue weighted by Gasteiger charge is 2.22. The van der Waals surface area contributed by atoms with Crippen LogP contribution in [0.4, 0.5) is 0 Å². The van der Waals surface area contributed by atoms with Crippen molar-refractivity contribution in [2.75, 3.05) is 26.4 Å². The average molecular weight is 399 g/mol. The minimum Gasteiger partial charge on any atom is -0.342 e. The van der Waals surface area contributed by atoms with Crippen LogP contribution >= 0.6 is 0 Å². The molecule has 0 heterocycles. The van der Waals surface area contributed by atoms with E-state index in [2.05, 4.69) is 42.4 Å². The van der Waals surface area contributed by atoms with Gasteiger partial charge in [-0.05, 0) is 58.1 Å². The molecule has 2 unspecified atom stereocenters. The summed E-state index contributed by atoms with van der Waals surface area (Å²) in [6.07, 6.45) is 9.08. The summed E-state index contributed by atoms with van der Waals surface area (Å²) in [5, 5.41) is 0. The van der Waals surface area contributed by atoms with Gasteiger partial charge in [0.05, 0.1) is 0 Å². The van der Waals surface area contributed by atoms with Crippen molar-refractivity contribution in [3.63, 3.8) is 0 Å². The molecule has 0 amide bonds. The van der Waals surface area contributed by atoms with Gasteiger partial charge in [-0.15, -0.1) is 0 Å². The molecular formula is C25H34O4. The summed E-state index contributed by atoms with van der Waals surface area (Å²) in [5.74, 6) is 12.6. The van der Waals surface area contributed by atoms with Crippen LogP contribution in [0.1, 0.15) is 34.6 Å². The van der Waals surface area contributed by atoms with E-state index < -0.39 is 12.6 Å². The highest BCUT2D eigenvalue weighted by molar-refractivity contribution is 5.52. The lowest BCUT2D eigenvalue weighted by molar-refractivity contribution is -0.0973. The molecular weight excluding hydrogens is 364 g/mol. The van der Waals surface area contributed by atoms with Gasteiger partial charge in [-0.1, -0.05) is 42.7 Å². The monoisotopic (exact) mass is 398 g/mol. The van der Waals surface area contributed by atoms with Gasteiger partial charge < -0.3 is 18.9 Å². The van der Waals surface area contributed by atoms with Crippen LogP contribution < -0.4 is 0 Å². The molecule has 0 N–H and O–H groups in total. The summed E-state index contributed by atoms with van der Waals surface area (Å²) in [7, 11) is 0. The van der Waals surface area contributed by atoms with Crippen molar-refractivity contribution in [1.29, 1.82) is 0 Å². The van der Waals surface area contributed by atoms with E-state index in [0.717, 1.165) is 11.1 Å². The molecule has 1 aliphatic carbocycles. The van der Waals surface area contributed by atoms with Crippen molar-refractivity contribution in [1.82, 2.24) is 0 Å². The molecule has 0 saturated heterocycles. The Labute approximate surface area is 176 Å². The van der Waals surface area contributed by atoms with E-state index in [1.807, 2.05) is 52.8 Å². The molecule has 4 heteroatoms. The van der Waals surface area contributed by atoms with E-state index in [0.29, 0.717) is 26.4 Å².